The Balaban J connectivity index is 1.34. The van der Waals surface area contributed by atoms with Crippen LogP contribution < -0.4 is 14.8 Å². The van der Waals surface area contributed by atoms with Gasteiger partial charge in [-0.3, -0.25) is 9.59 Å². The van der Waals surface area contributed by atoms with Crippen LogP contribution in [0.5, 0.6) is 11.5 Å². The maximum absolute atomic E-state index is 13.0. The number of rotatable bonds is 9. The third kappa shape index (κ3) is 4.33. The van der Waals surface area contributed by atoms with Crippen molar-refractivity contribution in [3.05, 3.63) is 35.1 Å². The third-order valence-corrected chi connectivity index (χ3v) is 9.33. The number of carbonyl (C=O) groups is 4. The van der Waals surface area contributed by atoms with E-state index in [1.165, 1.54) is 14.0 Å². The molecule has 1 amide bonds. The number of carbonyl (C=O) groups excluding carboxylic acids is 3. The number of aliphatic carboxylic acids is 1. The minimum absolute atomic E-state index is 0.0269. The molecule has 0 aromatic heterocycles. The summed E-state index contributed by atoms with van der Waals surface area (Å²) >= 11 is 0. The van der Waals surface area contributed by atoms with Crippen LogP contribution in [0.4, 0.5) is 0 Å². The molecule has 3 aliphatic carbocycles. The highest BCUT2D eigenvalue weighted by molar-refractivity contribution is 5.90. The van der Waals surface area contributed by atoms with Crippen LogP contribution in [0.3, 0.4) is 0 Å². The molecule has 0 radical (unpaired) electrons. The molecule has 1 heterocycles. The van der Waals surface area contributed by atoms with E-state index in [0.29, 0.717) is 24.3 Å². The highest BCUT2D eigenvalue weighted by Crippen LogP contribution is 2.68. The van der Waals surface area contributed by atoms with Crippen molar-refractivity contribution in [1.82, 2.24) is 5.32 Å². The molecule has 1 saturated carbocycles. The number of benzene rings is 1. The predicted molar refractivity (Wildman–Crippen MR) is 141 cm³/mol. The Labute approximate surface area is 241 Å². The Hall–Kier alpha value is -3.68. The second-order valence-electron chi connectivity index (χ2n) is 11.6. The van der Waals surface area contributed by atoms with Gasteiger partial charge < -0.3 is 44.7 Å². The van der Waals surface area contributed by atoms with Crippen molar-refractivity contribution in [2.24, 2.45) is 11.8 Å². The number of esters is 2. The van der Waals surface area contributed by atoms with Gasteiger partial charge in [0.25, 0.3) is 5.91 Å². The molecule has 1 fully saturated rings. The standard InChI is InChI=1S/C29H35NO12/c1-12-7-9-28-19-15-5-6-17(39-4)22(19)42-23(28)18(8-10-29(28,38)16(12)11-15)41-27(37)21(32)20(31)26(36)40-14(3)24(33)30-13(2)25(34)35/h5-6,8,12-14,16,20-21,23,31-32,38H,7,9-11H2,1-4H3,(H,30,33)(H,34,35)/t12?,13-,14-,16-,20+,21+,23-,28-,29+/m0/s1. The van der Waals surface area contributed by atoms with Crippen LogP contribution in [0, 0.1) is 11.8 Å². The van der Waals surface area contributed by atoms with E-state index >= 15 is 0 Å². The van der Waals surface area contributed by atoms with Gasteiger partial charge in [0.15, 0.2) is 35.9 Å². The second-order valence-corrected chi connectivity index (χ2v) is 11.6. The summed E-state index contributed by atoms with van der Waals surface area (Å²) in [7, 11) is 1.51. The van der Waals surface area contributed by atoms with Crippen molar-refractivity contribution in [2.75, 3.05) is 7.11 Å². The van der Waals surface area contributed by atoms with Gasteiger partial charge in [-0.2, -0.15) is 0 Å². The molecule has 1 spiro atoms. The van der Waals surface area contributed by atoms with Crippen molar-refractivity contribution in [1.29, 1.82) is 0 Å². The molecule has 42 heavy (non-hydrogen) atoms. The zero-order chi connectivity index (χ0) is 30.7. The van der Waals surface area contributed by atoms with Crippen molar-refractivity contribution in [2.45, 2.75) is 87.9 Å². The Kier molecular flexibility index (Phi) is 7.48. The fourth-order valence-electron chi connectivity index (χ4n) is 7.09. The Morgan fingerprint density at radius 2 is 1.81 bits per heavy atom. The second kappa shape index (κ2) is 10.5. The van der Waals surface area contributed by atoms with E-state index in [4.69, 9.17) is 24.1 Å². The van der Waals surface area contributed by atoms with Crippen molar-refractivity contribution < 1.29 is 58.6 Å². The van der Waals surface area contributed by atoms with Gasteiger partial charge in [0.2, 0.25) is 0 Å². The van der Waals surface area contributed by atoms with E-state index in [1.54, 1.807) is 12.1 Å². The van der Waals surface area contributed by atoms with E-state index in [2.05, 4.69) is 12.2 Å². The van der Waals surface area contributed by atoms with E-state index in [1.807, 2.05) is 6.07 Å². The third-order valence-electron chi connectivity index (χ3n) is 9.33. The van der Waals surface area contributed by atoms with Gasteiger partial charge >= 0.3 is 17.9 Å². The fraction of sp³-hybridized carbons (Fsp3) is 0.586. The van der Waals surface area contributed by atoms with Crippen molar-refractivity contribution in [3.63, 3.8) is 0 Å². The van der Waals surface area contributed by atoms with Gasteiger partial charge in [-0.1, -0.05) is 13.0 Å². The van der Waals surface area contributed by atoms with Crippen molar-refractivity contribution >= 4 is 23.8 Å². The topological polar surface area (TPSA) is 198 Å². The zero-order valence-corrected chi connectivity index (χ0v) is 23.7. The van der Waals surface area contributed by atoms with Gasteiger partial charge in [0.1, 0.15) is 11.8 Å². The smallest absolute Gasteiger partial charge is 0.343 e. The van der Waals surface area contributed by atoms with E-state index in [0.717, 1.165) is 24.5 Å². The summed E-state index contributed by atoms with van der Waals surface area (Å²) in [5, 5.41) is 44.1. The van der Waals surface area contributed by atoms with Crippen LogP contribution in [0.15, 0.2) is 24.0 Å². The fourth-order valence-corrected chi connectivity index (χ4v) is 7.09. The summed E-state index contributed by atoms with van der Waals surface area (Å²) in [6, 6.07) is 2.50. The first kappa shape index (κ1) is 29.8. The zero-order valence-electron chi connectivity index (χ0n) is 23.7. The molecule has 5 N–H and O–H groups in total. The van der Waals surface area contributed by atoms with Crippen LogP contribution in [0.1, 0.15) is 51.2 Å². The number of amides is 1. The number of carboxylic acids is 1. The van der Waals surface area contributed by atoms with Crippen LogP contribution in [-0.4, -0.2) is 87.4 Å². The number of aliphatic hydroxyl groups is 3. The Morgan fingerprint density at radius 3 is 2.48 bits per heavy atom. The number of hydrogen-bond donors (Lipinski definition) is 5. The minimum atomic E-state index is -2.41. The average Bonchev–Trinajstić information content (AvgIpc) is 3.31. The van der Waals surface area contributed by atoms with Crippen molar-refractivity contribution in [3.8, 4) is 11.5 Å². The molecule has 13 nitrogen and oxygen atoms in total. The molecular formula is C29H35NO12. The summed E-state index contributed by atoms with van der Waals surface area (Å²) < 4.78 is 22.3. The lowest BCUT2D eigenvalue weighted by Gasteiger charge is -2.61. The maximum atomic E-state index is 13.0. The lowest BCUT2D eigenvalue weighted by molar-refractivity contribution is -0.181. The molecule has 1 aromatic carbocycles. The molecule has 5 rings (SSSR count). The van der Waals surface area contributed by atoms with Gasteiger partial charge in [-0.25, -0.2) is 9.59 Å². The monoisotopic (exact) mass is 589 g/mol. The maximum Gasteiger partial charge on any atom is 0.343 e. The average molecular weight is 590 g/mol. The molecule has 4 aliphatic rings. The molecule has 1 unspecified atom stereocenters. The molecule has 0 saturated heterocycles. The van der Waals surface area contributed by atoms with Gasteiger partial charge in [-0.15, -0.1) is 0 Å². The number of ether oxygens (including phenoxy) is 4. The normalized spacial score (nSPS) is 31.2. The first-order valence-electron chi connectivity index (χ1n) is 13.9. The summed E-state index contributed by atoms with van der Waals surface area (Å²) in [6.07, 6.45) is -3.56. The van der Waals surface area contributed by atoms with E-state index in [9.17, 15) is 34.5 Å². The number of methoxy groups -OCH3 is 1. The number of nitrogens with one attached hydrogen (secondary N) is 1. The van der Waals surface area contributed by atoms with Gasteiger partial charge in [-0.05, 0) is 69.1 Å². The number of aliphatic hydroxyl groups excluding tert-OH is 2. The van der Waals surface area contributed by atoms with E-state index in [-0.39, 0.29) is 24.0 Å². The van der Waals surface area contributed by atoms with Crippen LogP contribution in [0.25, 0.3) is 0 Å². The number of hydrogen-bond acceptors (Lipinski definition) is 11. The quantitative estimate of drug-likeness (QED) is 0.244. The summed E-state index contributed by atoms with van der Waals surface area (Å²) in [5.41, 5.74) is -0.277. The first-order chi connectivity index (χ1) is 19.8. The molecular weight excluding hydrogens is 554 g/mol. The lowest BCUT2D eigenvalue weighted by Crippen LogP contribution is -2.69. The molecule has 228 valence electrons. The molecule has 1 aromatic rings. The highest BCUT2D eigenvalue weighted by Gasteiger charge is 2.72. The summed E-state index contributed by atoms with van der Waals surface area (Å²) in [5.74, 6) is -4.01. The molecule has 13 heteroatoms. The molecule has 2 bridgehead atoms. The lowest BCUT2D eigenvalue weighted by atomic mass is 9.45. The summed E-state index contributed by atoms with van der Waals surface area (Å²) in [4.78, 5) is 48.4. The first-order valence-corrected chi connectivity index (χ1v) is 13.9. The molecule has 1 aliphatic heterocycles. The minimum Gasteiger partial charge on any atom is -0.493 e. The molecule has 9 atom stereocenters. The largest absolute Gasteiger partial charge is 0.493 e. The van der Waals surface area contributed by atoms with Crippen LogP contribution in [-0.2, 0) is 40.5 Å². The predicted octanol–water partition coefficient (Wildman–Crippen LogP) is 0.101. The van der Waals surface area contributed by atoms with Gasteiger partial charge in [0, 0.05) is 5.56 Å². The Morgan fingerprint density at radius 1 is 1.12 bits per heavy atom. The van der Waals surface area contributed by atoms with Crippen LogP contribution in [0.2, 0.25) is 0 Å². The summed E-state index contributed by atoms with van der Waals surface area (Å²) in [6.45, 7) is 4.45. The van der Waals surface area contributed by atoms with Gasteiger partial charge in [0.05, 0.1) is 18.1 Å². The highest BCUT2D eigenvalue weighted by atomic mass is 16.6. The van der Waals surface area contributed by atoms with Crippen LogP contribution >= 0.6 is 0 Å². The SMILES string of the molecule is COc1ccc2c3c1O[C@H]1C(OC(=O)[C@H](O)[C@@H](O)C(=O)O[C@@H](C)C(=O)N[C@@H](C)C(=O)O)=CC[C@@]4(O)[C@@H](C2)C(C)CC[C@]314. The van der Waals surface area contributed by atoms with E-state index < -0.39 is 65.3 Å². The number of carboxylic acid groups (broad SMARTS) is 1. The Bertz CT molecular complexity index is 1360.